The van der Waals surface area contributed by atoms with E-state index in [1.165, 1.54) is 5.56 Å². The Morgan fingerprint density at radius 2 is 1.95 bits per heavy atom. The molecular formula is C19H16N2O. The van der Waals surface area contributed by atoms with Crippen molar-refractivity contribution in [2.75, 3.05) is 0 Å². The molecule has 1 aromatic carbocycles. The summed E-state index contributed by atoms with van der Waals surface area (Å²) >= 11 is 0. The maximum atomic E-state index is 6.07. The highest BCUT2D eigenvalue weighted by atomic mass is 16.3. The summed E-state index contributed by atoms with van der Waals surface area (Å²) in [5.74, 6) is 0. The molecule has 0 N–H and O–H groups in total. The summed E-state index contributed by atoms with van der Waals surface area (Å²) in [4.78, 5) is 9.07. The van der Waals surface area contributed by atoms with Gasteiger partial charge in [0.25, 0.3) is 0 Å². The first-order valence-corrected chi connectivity index (χ1v) is 7.50. The van der Waals surface area contributed by atoms with Gasteiger partial charge in [0.1, 0.15) is 11.1 Å². The maximum Gasteiger partial charge on any atom is 0.153 e. The number of benzene rings is 1. The summed E-state index contributed by atoms with van der Waals surface area (Å²) in [6, 6.07) is 12.2. The van der Waals surface area contributed by atoms with Gasteiger partial charge >= 0.3 is 0 Å². The molecule has 4 rings (SSSR count). The molecule has 0 saturated carbocycles. The molecule has 22 heavy (non-hydrogen) atoms. The first-order valence-electron chi connectivity index (χ1n) is 7.50. The highest BCUT2D eigenvalue weighted by Gasteiger charge is 2.15. The first-order chi connectivity index (χ1) is 10.8. The van der Waals surface area contributed by atoms with Crippen molar-refractivity contribution in [3.05, 3.63) is 59.9 Å². The molecular weight excluding hydrogens is 272 g/mol. The first kappa shape index (κ1) is 13.0. The lowest BCUT2D eigenvalue weighted by atomic mass is 10.0. The van der Waals surface area contributed by atoms with Gasteiger partial charge in [0.2, 0.25) is 0 Å². The molecule has 3 aromatic heterocycles. The van der Waals surface area contributed by atoms with Crippen LogP contribution in [0.15, 0.2) is 53.2 Å². The number of hydrogen-bond acceptors (Lipinski definition) is 3. The molecule has 108 valence electrons. The number of aromatic nitrogens is 2. The Hall–Kier alpha value is -2.68. The van der Waals surface area contributed by atoms with E-state index in [2.05, 4.69) is 48.1 Å². The lowest BCUT2D eigenvalue weighted by molar-refractivity contribution is 0.668. The van der Waals surface area contributed by atoms with Crippen LogP contribution in [0.4, 0.5) is 0 Å². The Labute approximate surface area is 128 Å². The predicted molar refractivity (Wildman–Crippen MR) is 88.9 cm³/mol. The third-order valence-corrected chi connectivity index (χ3v) is 4.09. The van der Waals surface area contributed by atoms with E-state index in [0.29, 0.717) is 0 Å². The van der Waals surface area contributed by atoms with E-state index < -0.39 is 0 Å². The van der Waals surface area contributed by atoms with E-state index in [0.717, 1.165) is 45.3 Å². The second-order valence-electron chi connectivity index (χ2n) is 5.49. The van der Waals surface area contributed by atoms with Crippen molar-refractivity contribution in [1.29, 1.82) is 0 Å². The Balaban J connectivity index is 2.04. The Morgan fingerprint density at radius 1 is 1.05 bits per heavy atom. The average molecular weight is 288 g/mol. The van der Waals surface area contributed by atoms with Gasteiger partial charge in [-0.25, -0.2) is 0 Å². The highest BCUT2D eigenvalue weighted by Crippen LogP contribution is 2.36. The monoisotopic (exact) mass is 288 g/mol. The molecule has 0 aliphatic rings. The van der Waals surface area contributed by atoms with Crippen LogP contribution in [0, 0.1) is 6.92 Å². The standard InChI is InChI=1S/C19H16N2O/c1-3-13-7-9-15(21-11-13)17-12(2)6-8-14-18-16(22-19(14)17)5-4-10-20-18/h4-11H,3H2,1-2H3. The van der Waals surface area contributed by atoms with E-state index in [1.54, 1.807) is 6.20 Å². The SMILES string of the molecule is CCc1ccc(-c2c(C)ccc3c2oc2cccnc23)nc1. The number of fused-ring (bicyclic) bond motifs is 3. The second-order valence-corrected chi connectivity index (χ2v) is 5.49. The minimum atomic E-state index is 0.814. The molecule has 0 amide bonds. The molecule has 3 nitrogen and oxygen atoms in total. The number of furan rings is 1. The summed E-state index contributed by atoms with van der Waals surface area (Å²) in [5, 5.41) is 1.04. The van der Waals surface area contributed by atoms with E-state index in [9.17, 15) is 0 Å². The molecule has 0 fully saturated rings. The van der Waals surface area contributed by atoms with Crippen LogP contribution in [0.2, 0.25) is 0 Å². The summed E-state index contributed by atoms with van der Waals surface area (Å²) in [6.45, 7) is 4.22. The van der Waals surface area contributed by atoms with E-state index in [-0.39, 0.29) is 0 Å². The average Bonchev–Trinajstić information content (AvgIpc) is 2.93. The van der Waals surface area contributed by atoms with Crippen molar-refractivity contribution in [2.24, 2.45) is 0 Å². The summed E-state index contributed by atoms with van der Waals surface area (Å²) in [5.41, 5.74) is 6.98. The molecule has 0 aliphatic heterocycles. The normalized spacial score (nSPS) is 11.4. The molecule has 0 unspecified atom stereocenters. The van der Waals surface area contributed by atoms with Crippen LogP contribution in [0.5, 0.6) is 0 Å². The van der Waals surface area contributed by atoms with Crippen LogP contribution in [0.1, 0.15) is 18.1 Å². The van der Waals surface area contributed by atoms with E-state index >= 15 is 0 Å². The minimum Gasteiger partial charge on any atom is -0.454 e. The number of rotatable bonds is 2. The smallest absolute Gasteiger partial charge is 0.153 e. The molecule has 0 spiro atoms. The Bertz CT molecular complexity index is 968. The Morgan fingerprint density at radius 3 is 2.73 bits per heavy atom. The molecule has 3 heterocycles. The van der Waals surface area contributed by atoms with Crippen LogP contribution in [0.25, 0.3) is 33.3 Å². The van der Waals surface area contributed by atoms with E-state index in [4.69, 9.17) is 4.42 Å². The van der Waals surface area contributed by atoms with Gasteiger partial charge in [-0.3, -0.25) is 9.97 Å². The van der Waals surface area contributed by atoms with E-state index in [1.807, 2.05) is 18.3 Å². The third-order valence-electron chi connectivity index (χ3n) is 4.09. The van der Waals surface area contributed by atoms with Gasteiger partial charge in [0.05, 0.1) is 5.69 Å². The molecule has 0 atom stereocenters. The largest absolute Gasteiger partial charge is 0.454 e. The Kier molecular flexibility index (Phi) is 2.93. The zero-order valence-corrected chi connectivity index (χ0v) is 12.6. The molecule has 0 radical (unpaired) electrons. The quantitative estimate of drug-likeness (QED) is 0.526. The third kappa shape index (κ3) is 1.90. The summed E-state index contributed by atoms with van der Waals surface area (Å²) in [7, 11) is 0. The fourth-order valence-electron chi connectivity index (χ4n) is 2.86. The highest BCUT2D eigenvalue weighted by molar-refractivity contribution is 6.07. The van der Waals surface area contributed by atoms with Crippen molar-refractivity contribution < 1.29 is 4.42 Å². The van der Waals surface area contributed by atoms with Gasteiger partial charge < -0.3 is 4.42 Å². The van der Waals surface area contributed by atoms with Gasteiger partial charge in [0, 0.05) is 23.3 Å². The lowest BCUT2D eigenvalue weighted by Crippen LogP contribution is -1.90. The van der Waals surface area contributed by atoms with Crippen molar-refractivity contribution in [3.63, 3.8) is 0 Å². The summed E-state index contributed by atoms with van der Waals surface area (Å²) < 4.78 is 6.07. The predicted octanol–water partition coefficient (Wildman–Crippen LogP) is 4.91. The zero-order valence-electron chi connectivity index (χ0n) is 12.6. The molecule has 3 heteroatoms. The number of nitrogens with zero attached hydrogens (tertiary/aromatic N) is 2. The molecule has 0 bridgehead atoms. The van der Waals surface area contributed by atoms with Crippen LogP contribution < -0.4 is 0 Å². The van der Waals surface area contributed by atoms with Gasteiger partial charge in [-0.1, -0.05) is 19.1 Å². The van der Waals surface area contributed by atoms with Crippen molar-refractivity contribution in [1.82, 2.24) is 9.97 Å². The van der Waals surface area contributed by atoms with Crippen molar-refractivity contribution in [2.45, 2.75) is 20.3 Å². The lowest BCUT2D eigenvalue weighted by Gasteiger charge is -2.06. The number of aryl methyl sites for hydroxylation is 2. The van der Waals surface area contributed by atoms with Crippen molar-refractivity contribution >= 4 is 22.1 Å². The van der Waals surface area contributed by atoms with Crippen LogP contribution >= 0.6 is 0 Å². The van der Waals surface area contributed by atoms with Gasteiger partial charge in [-0.05, 0) is 48.7 Å². The molecule has 0 saturated heterocycles. The molecule has 4 aromatic rings. The minimum absolute atomic E-state index is 0.814. The molecule has 0 aliphatic carbocycles. The van der Waals surface area contributed by atoms with Crippen LogP contribution in [-0.2, 0) is 6.42 Å². The van der Waals surface area contributed by atoms with Gasteiger partial charge in [-0.2, -0.15) is 0 Å². The number of hydrogen-bond donors (Lipinski definition) is 0. The topological polar surface area (TPSA) is 38.9 Å². The van der Waals surface area contributed by atoms with Crippen LogP contribution in [0.3, 0.4) is 0 Å². The fourth-order valence-corrected chi connectivity index (χ4v) is 2.86. The van der Waals surface area contributed by atoms with Gasteiger partial charge in [-0.15, -0.1) is 0 Å². The van der Waals surface area contributed by atoms with Crippen molar-refractivity contribution in [3.8, 4) is 11.3 Å². The summed E-state index contributed by atoms with van der Waals surface area (Å²) in [6.07, 6.45) is 4.73. The zero-order chi connectivity index (χ0) is 15.1. The second kappa shape index (κ2) is 4.95. The maximum absolute atomic E-state index is 6.07. The van der Waals surface area contributed by atoms with Crippen LogP contribution in [-0.4, -0.2) is 9.97 Å². The number of pyridine rings is 2. The van der Waals surface area contributed by atoms with Gasteiger partial charge in [0.15, 0.2) is 5.58 Å². The fraction of sp³-hybridized carbons (Fsp3) is 0.158.